The van der Waals surface area contributed by atoms with Crippen LogP contribution >= 0.6 is 23.2 Å². The van der Waals surface area contributed by atoms with Gasteiger partial charge in [-0.05, 0) is 29.0 Å². The van der Waals surface area contributed by atoms with Crippen molar-refractivity contribution in [2.75, 3.05) is 19.7 Å². The fraction of sp³-hybridized carbons (Fsp3) is 0.143. The molecule has 0 aromatic heterocycles. The van der Waals surface area contributed by atoms with Gasteiger partial charge < -0.3 is 4.74 Å². The SMILES string of the molecule is O=C(COc1ccc(Cl)cc1Cl)N1CCN=C1c1cccc2ccccc12. The molecule has 4 nitrogen and oxygen atoms in total. The Balaban J connectivity index is 1.55. The lowest BCUT2D eigenvalue weighted by molar-refractivity contribution is -0.129. The highest BCUT2D eigenvalue weighted by atomic mass is 35.5. The van der Waals surface area contributed by atoms with Crippen molar-refractivity contribution in [1.82, 2.24) is 4.90 Å². The predicted octanol–water partition coefficient (Wildman–Crippen LogP) is 4.81. The first-order valence-corrected chi connectivity index (χ1v) is 9.30. The molecular weight excluding hydrogens is 383 g/mol. The van der Waals surface area contributed by atoms with Crippen molar-refractivity contribution in [3.63, 3.8) is 0 Å². The predicted molar refractivity (Wildman–Crippen MR) is 109 cm³/mol. The molecule has 1 heterocycles. The van der Waals surface area contributed by atoms with E-state index in [1.165, 1.54) is 0 Å². The molecule has 136 valence electrons. The second kappa shape index (κ2) is 7.59. The molecule has 0 saturated heterocycles. The van der Waals surface area contributed by atoms with Crippen LogP contribution in [0.15, 0.2) is 65.7 Å². The average molecular weight is 399 g/mol. The van der Waals surface area contributed by atoms with E-state index in [1.54, 1.807) is 23.1 Å². The van der Waals surface area contributed by atoms with Crippen molar-refractivity contribution in [1.29, 1.82) is 0 Å². The van der Waals surface area contributed by atoms with E-state index in [1.807, 2.05) is 42.5 Å². The van der Waals surface area contributed by atoms with Crippen LogP contribution in [0.1, 0.15) is 5.56 Å². The molecule has 3 aromatic rings. The van der Waals surface area contributed by atoms with E-state index < -0.39 is 0 Å². The highest BCUT2D eigenvalue weighted by Crippen LogP contribution is 2.28. The number of amides is 1. The summed E-state index contributed by atoms with van der Waals surface area (Å²) in [6.45, 7) is 0.992. The summed E-state index contributed by atoms with van der Waals surface area (Å²) in [7, 11) is 0. The number of amidine groups is 1. The van der Waals surface area contributed by atoms with E-state index >= 15 is 0 Å². The Morgan fingerprint density at radius 3 is 2.74 bits per heavy atom. The normalized spacial score (nSPS) is 13.7. The van der Waals surface area contributed by atoms with Gasteiger partial charge in [0.15, 0.2) is 6.61 Å². The van der Waals surface area contributed by atoms with Crippen molar-refractivity contribution < 1.29 is 9.53 Å². The zero-order chi connectivity index (χ0) is 18.8. The number of carbonyl (C=O) groups excluding carboxylic acids is 1. The van der Waals surface area contributed by atoms with Gasteiger partial charge in [-0.1, -0.05) is 65.7 Å². The summed E-state index contributed by atoms with van der Waals surface area (Å²) >= 11 is 12.0. The number of hydrogen-bond donors (Lipinski definition) is 0. The van der Waals surface area contributed by atoms with E-state index in [0.717, 1.165) is 16.3 Å². The third-order valence-corrected chi connectivity index (χ3v) is 4.95. The summed E-state index contributed by atoms with van der Waals surface area (Å²) in [4.78, 5) is 19.0. The maximum absolute atomic E-state index is 12.8. The number of benzene rings is 3. The van der Waals surface area contributed by atoms with Gasteiger partial charge in [-0.2, -0.15) is 0 Å². The number of fused-ring (bicyclic) bond motifs is 1. The first-order valence-electron chi connectivity index (χ1n) is 8.54. The third kappa shape index (κ3) is 3.64. The molecule has 0 atom stereocenters. The highest BCUT2D eigenvalue weighted by Gasteiger charge is 2.26. The van der Waals surface area contributed by atoms with Gasteiger partial charge >= 0.3 is 0 Å². The number of carbonyl (C=O) groups is 1. The largest absolute Gasteiger partial charge is 0.482 e. The van der Waals surface area contributed by atoms with E-state index in [4.69, 9.17) is 27.9 Å². The van der Waals surface area contributed by atoms with E-state index in [0.29, 0.717) is 34.7 Å². The van der Waals surface area contributed by atoms with Crippen LogP contribution in [0, 0.1) is 0 Å². The number of hydrogen-bond acceptors (Lipinski definition) is 3. The molecule has 1 amide bonds. The number of rotatable bonds is 4. The molecular formula is C21H16Cl2N2O2. The molecule has 1 aliphatic heterocycles. The zero-order valence-electron chi connectivity index (χ0n) is 14.4. The minimum Gasteiger partial charge on any atom is -0.482 e. The molecule has 0 fully saturated rings. The van der Waals surface area contributed by atoms with Gasteiger partial charge in [0.1, 0.15) is 11.6 Å². The summed E-state index contributed by atoms with van der Waals surface area (Å²) < 4.78 is 5.60. The lowest BCUT2D eigenvalue weighted by Gasteiger charge is -2.20. The van der Waals surface area contributed by atoms with Crippen molar-refractivity contribution in [2.45, 2.75) is 0 Å². The average Bonchev–Trinajstić information content (AvgIpc) is 3.16. The summed E-state index contributed by atoms with van der Waals surface area (Å²) in [6, 6.07) is 19.0. The lowest BCUT2D eigenvalue weighted by Crippen LogP contribution is -2.38. The van der Waals surface area contributed by atoms with Crippen LogP contribution in [0.2, 0.25) is 10.0 Å². The Kier molecular flexibility index (Phi) is 5.01. The van der Waals surface area contributed by atoms with E-state index in [9.17, 15) is 4.79 Å². The van der Waals surface area contributed by atoms with E-state index in [-0.39, 0.29) is 12.5 Å². The molecule has 0 radical (unpaired) electrons. The van der Waals surface area contributed by atoms with Gasteiger partial charge in [-0.3, -0.25) is 14.7 Å². The Morgan fingerprint density at radius 1 is 1.07 bits per heavy atom. The van der Waals surface area contributed by atoms with Crippen molar-refractivity contribution in [2.24, 2.45) is 4.99 Å². The van der Waals surface area contributed by atoms with Crippen LogP contribution in [0.5, 0.6) is 5.75 Å². The van der Waals surface area contributed by atoms with Crippen LogP contribution < -0.4 is 4.74 Å². The monoisotopic (exact) mass is 398 g/mol. The van der Waals surface area contributed by atoms with Gasteiger partial charge in [0.25, 0.3) is 5.91 Å². The smallest absolute Gasteiger partial charge is 0.266 e. The van der Waals surface area contributed by atoms with Crippen LogP contribution in [0.25, 0.3) is 10.8 Å². The maximum atomic E-state index is 12.8. The molecule has 3 aromatic carbocycles. The number of halogens is 2. The zero-order valence-corrected chi connectivity index (χ0v) is 15.9. The van der Waals surface area contributed by atoms with Gasteiger partial charge in [-0.15, -0.1) is 0 Å². The first kappa shape index (κ1) is 17.8. The molecule has 4 rings (SSSR count). The Hall–Kier alpha value is -2.56. The van der Waals surface area contributed by atoms with Crippen LogP contribution in [-0.2, 0) is 4.79 Å². The number of nitrogens with zero attached hydrogens (tertiary/aromatic N) is 2. The molecule has 27 heavy (non-hydrogen) atoms. The molecule has 0 unspecified atom stereocenters. The van der Waals surface area contributed by atoms with E-state index in [2.05, 4.69) is 4.99 Å². The topological polar surface area (TPSA) is 41.9 Å². The van der Waals surface area contributed by atoms with Crippen LogP contribution in [0.3, 0.4) is 0 Å². The standard InChI is InChI=1S/C21H16Cl2N2O2/c22-15-8-9-19(18(23)12-15)27-13-20(26)25-11-10-24-21(25)17-7-3-5-14-4-1-2-6-16(14)17/h1-9,12H,10-11,13H2. The first-order chi connectivity index (χ1) is 13.1. The van der Waals surface area contributed by atoms with Crippen LogP contribution in [-0.4, -0.2) is 36.3 Å². The highest BCUT2D eigenvalue weighted by molar-refractivity contribution is 6.35. The fourth-order valence-electron chi connectivity index (χ4n) is 3.15. The molecule has 1 aliphatic rings. The molecule has 0 aliphatic carbocycles. The minimum atomic E-state index is -0.162. The Labute approximate surface area is 167 Å². The van der Waals surface area contributed by atoms with Crippen LogP contribution in [0.4, 0.5) is 0 Å². The fourth-order valence-corrected chi connectivity index (χ4v) is 3.61. The molecule has 6 heteroatoms. The summed E-state index contributed by atoms with van der Waals surface area (Å²) in [6.07, 6.45) is 0. The second-order valence-electron chi connectivity index (χ2n) is 6.14. The van der Waals surface area contributed by atoms with Gasteiger partial charge in [0, 0.05) is 17.1 Å². The Morgan fingerprint density at radius 2 is 1.89 bits per heavy atom. The van der Waals surface area contributed by atoms with Gasteiger partial charge in [0.2, 0.25) is 0 Å². The van der Waals surface area contributed by atoms with Crippen molar-refractivity contribution in [3.05, 3.63) is 76.3 Å². The number of ether oxygens (including phenoxy) is 1. The van der Waals surface area contributed by atoms with Gasteiger partial charge in [-0.25, -0.2) is 0 Å². The molecule has 0 bridgehead atoms. The van der Waals surface area contributed by atoms with Gasteiger partial charge in [0.05, 0.1) is 11.6 Å². The molecule has 0 N–H and O–H groups in total. The lowest BCUT2D eigenvalue weighted by atomic mass is 10.0. The van der Waals surface area contributed by atoms with Crippen molar-refractivity contribution in [3.8, 4) is 5.75 Å². The van der Waals surface area contributed by atoms with Crippen molar-refractivity contribution >= 4 is 45.7 Å². The quantitative estimate of drug-likeness (QED) is 0.632. The minimum absolute atomic E-state index is 0.120. The second-order valence-corrected chi connectivity index (χ2v) is 6.98. The summed E-state index contributed by atoms with van der Waals surface area (Å²) in [5.41, 5.74) is 0.948. The maximum Gasteiger partial charge on any atom is 0.266 e. The third-order valence-electron chi connectivity index (χ3n) is 4.42. The summed E-state index contributed by atoms with van der Waals surface area (Å²) in [5, 5.41) is 3.07. The number of aliphatic imine (C=N–C) groups is 1. The molecule has 0 spiro atoms. The Bertz CT molecular complexity index is 1040. The molecule has 0 saturated carbocycles. The summed E-state index contributed by atoms with van der Waals surface area (Å²) in [5.74, 6) is 0.949.